The normalized spacial score (nSPS) is 11.0. The van der Waals surface area contributed by atoms with E-state index in [0.717, 1.165) is 12.3 Å². The molecule has 0 amide bonds. The topological polar surface area (TPSA) is 14.2 Å². The van der Waals surface area contributed by atoms with Crippen LogP contribution in [0.25, 0.3) is 10.9 Å². The molecule has 0 unspecified atom stereocenters. The molecule has 0 saturated heterocycles. The van der Waals surface area contributed by atoms with Gasteiger partial charge in [0.25, 0.3) is 0 Å². The summed E-state index contributed by atoms with van der Waals surface area (Å²) in [4.78, 5) is 0. The summed E-state index contributed by atoms with van der Waals surface area (Å²) in [7, 11) is 0. The number of aromatic nitrogens is 1. The van der Waals surface area contributed by atoms with Crippen molar-refractivity contribution in [1.82, 2.24) is 4.57 Å². The molecule has 0 N–H and O–H groups in total. The fourth-order valence-corrected chi connectivity index (χ4v) is 2.93. The van der Waals surface area contributed by atoms with Crippen LogP contribution in [0.4, 0.5) is 0 Å². The van der Waals surface area contributed by atoms with Gasteiger partial charge in [0.2, 0.25) is 0 Å². The molecular formula is C19H21NO. The van der Waals surface area contributed by atoms with Crippen LogP contribution in [0.1, 0.15) is 23.6 Å². The van der Waals surface area contributed by atoms with Crippen LogP contribution >= 0.6 is 0 Å². The van der Waals surface area contributed by atoms with Crippen molar-refractivity contribution in [1.29, 1.82) is 0 Å². The van der Waals surface area contributed by atoms with Gasteiger partial charge < -0.3 is 9.30 Å². The highest BCUT2D eigenvalue weighted by molar-refractivity contribution is 5.81. The van der Waals surface area contributed by atoms with Crippen LogP contribution in [-0.4, -0.2) is 11.2 Å². The first-order valence-corrected chi connectivity index (χ1v) is 7.44. The van der Waals surface area contributed by atoms with Gasteiger partial charge >= 0.3 is 0 Å². The highest BCUT2D eigenvalue weighted by atomic mass is 16.5. The summed E-state index contributed by atoms with van der Waals surface area (Å²) in [5, 5.41) is 1.23. The van der Waals surface area contributed by atoms with E-state index in [2.05, 4.69) is 61.0 Å². The maximum atomic E-state index is 5.56. The van der Waals surface area contributed by atoms with Gasteiger partial charge in [-0.15, -0.1) is 0 Å². The van der Waals surface area contributed by atoms with Gasteiger partial charge in [0.1, 0.15) is 5.75 Å². The van der Waals surface area contributed by atoms with Crippen molar-refractivity contribution in [2.45, 2.75) is 27.3 Å². The van der Waals surface area contributed by atoms with Crippen LogP contribution in [0, 0.1) is 13.8 Å². The van der Waals surface area contributed by atoms with Crippen LogP contribution in [0.5, 0.6) is 5.75 Å². The lowest BCUT2D eigenvalue weighted by atomic mass is 10.1. The molecular weight excluding hydrogens is 258 g/mol. The van der Waals surface area contributed by atoms with Crippen molar-refractivity contribution in [2.75, 3.05) is 6.61 Å². The predicted molar refractivity (Wildman–Crippen MR) is 88.1 cm³/mol. The number of benzene rings is 2. The van der Waals surface area contributed by atoms with Crippen LogP contribution in [0.3, 0.4) is 0 Å². The minimum absolute atomic E-state index is 0.703. The van der Waals surface area contributed by atoms with Gasteiger partial charge in [-0.3, -0.25) is 0 Å². The second kappa shape index (κ2) is 5.65. The van der Waals surface area contributed by atoms with Gasteiger partial charge in [-0.1, -0.05) is 29.3 Å². The fraction of sp³-hybridized carbons (Fsp3) is 0.263. The maximum absolute atomic E-state index is 5.56. The van der Waals surface area contributed by atoms with Crippen LogP contribution < -0.4 is 4.74 Å². The summed E-state index contributed by atoms with van der Waals surface area (Å²) < 4.78 is 7.85. The third-order valence-corrected chi connectivity index (χ3v) is 3.69. The SMILES string of the molecule is CCOc1ccc2c(ccn2Cc2cc(C)cc(C)c2)c1. The molecule has 2 heteroatoms. The summed E-state index contributed by atoms with van der Waals surface area (Å²) in [6.07, 6.45) is 2.15. The quantitative estimate of drug-likeness (QED) is 0.675. The van der Waals surface area contributed by atoms with Crippen molar-refractivity contribution in [3.8, 4) is 5.75 Å². The molecule has 1 aromatic heterocycles. The Morgan fingerprint density at radius 1 is 0.952 bits per heavy atom. The van der Waals surface area contributed by atoms with Gasteiger partial charge in [-0.2, -0.15) is 0 Å². The summed E-state index contributed by atoms with van der Waals surface area (Å²) >= 11 is 0. The van der Waals surface area contributed by atoms with Gasteiger partial charge in [-0.25, -0.2) is 0 Å². The largest absolute Gasteiger partial charge is 0.494 e. The van der Waals surface area contributed by atoms with E-state index in [-0.39, 0.29) is 0 Å². The zero-order chi connectivity index (χ0) is 14.8. The van der Waals surface area contributed by atoms with E-state index in [4.69, 9.17) is 4.74 Å². The maximum Gasteiger partial charge on any atom is 0.120 e. The monoisotopic (exact) mass is 279 g/mol. The van der Waals surface area contributed by atoms with E-state index in [0.29, 0.717) is 6.61 Å². The molecule has 0 fully saturated rings. The molecule has 0 aliphatic rings. The second-order valence-corrected chi connectivity index (χ2v) is 5.59. The Bertz CT molecular complexity index is 750. The molecule has 0 bridgehead atoms. The summed E-state index contributed by atoms with van der Waals surface area (Å²) in [6, 6.07) is 15.2. The van der Waals surface area contributed by atoms with Gasteiger partial charge in [0.15, 0.2) is 0 Å². The zero-order valence-electron chi connectivity index (χ0n) is 12.9. The third kappa shape index (κ3) is 2.94. The molecule has 21 heavy (non-hydrogen) atoms. The van der Waals surface area contributed by atoms with E-state index < -0.39 is 0 Å². The standard InChI is InChI=1S/C19H21NO/c1-4-21-18-5-6-19-17(12-18)7-8-20(19)13-16-10-14(2)9-15(3)11-16/h5-12H,4,13H2,1-3H3. The minimum atomic E-state index is 0.703. The summed E-state index contributed by atoms with van der Waals surface area (Å²) in [5.74, 6) is 0.939. The number of hydrogen-bond acceptors (Lipinski definition) is 1. The predicted octanol–water partition coefficient (Wildman–Crippen LogP) is 4.71. The number of ether oxygens (including phenoxy) is 1. The Labute approximate surface area is 126 Å². The van der Waals surface area contributed by atoms with E-state index in [9.17, 15) is 0 Å². The van der Waals surface area contributed by atoms with E-state index in [1.54, 1.807) is 0 Å². The average molecular weight is 279 g/mol. The highest BCUT2D eigenvalue weighted by Gasteiger charge is 2.04. The fourth-order valence-electron chi connectivity index (χ4n) is 2.93. The summed E-state index contributed by atoms with van der Waals surface area (Å²) in [6.45, 7) is 7.92. The van der Waals surface area contributed by atoms with Crippen molar-refractivity contribution < 1.29 is 4.74 Å². The lowest BCUT2D eigenvalue weighted by molar-refractivity contribution is 0.340. The second-order valence-electron chi connectivity index (χ2n) is 5.59. The molecule has 0 spiro atoms. The molecule has 0 aliphatic carbocycles. The third-order valence-electron chi connectivity index (χ3n) is 3.69. The highest BCUT2D eigenvalue weighted by Crippen LogP contribution is 2.23. The molecule has 2 aromatic carbocycles. The Kier molecular flexibility index (Phi) is 3.70. The average Bonchev–Trinajstić information content (AvgIpc) is 2.80. The number of rotatable bonds is 4. The number of aryl methyl sites for hydroxylation is 2. The molecule has 2 nitrogen and oxygen atoms in total. The lowest BCUT2D eigenvalue weighted by Gasteiger charge is -2.09. The Morgan fingerprint density at radius 3 is 2.43 bits per heavy atom. The molecule has 0 aliphatic heterocycles. The van der Waals surface area contributed by atoms with Gasteiger partial charge in [0.05, 0.1) is 6.61 Å². The number of nitrogens with zero attached hydrogens (tertiary/aromatic N) is 1. The van der Waals surface area contributed by atoms with E-state index in [1.165, 1.54) is 27.6 Å². The van der Waals surface area contributed by atoms with Crippen molar-refractivity contribution in [3.05, 3.63) is 65.4 Å². The van der Waals surface area contributed by atoms with Crippen molar-refractivity contribution >= 4 is 10.9 Å². The molecule has 3 rings (SSSR count). The number of hydrogen-bond donors (Lipinski definition) is 0. The smallest absolute Gasteiger partial charge is 0.120 e. The Balaban J connectivity index is 1.93. The molecule has 0 radical (unpaired) electrons. The van der Waals surface area contributed by atoms with Crippen molar-refractivity contribution in [3.63, 3.8) is 0 Å². The zero-order valence-corrected chi connectivity index (χ0v) is 12.9. The minimum Gasteiger partial charge on any atom is -0.494 e. The first-order chi connectivity index (χ1) is 10.2. The first kappa shape index (κ1) is 13.7. The first-order valence-electron chi connectivity index (χ1n) is 7.44. The van der Waals surface area contributed by atoms with E-state index in [1.807, 2.05) is 13.0 Å². The number of fused-ring (bicyclic) bond motifs is 1. The van der Waals surface area contributed by atoms with Crippen LogP contribution in [0.2, 0.25) is 0 Å². The molecule has 108 valence electrons. The van der Waals surface area contributed by atoms with E-state index >= 15 is 0 Å². The Morgan fingerprint density at radius 2 is 1.71 bits per heavy atom. The molecule has 3 aromatic rings. The summed E-state index contributed by atoms with van der Waals surface area (Å²) in [5.41, 5.74) is 5.23. The molecule has 1 heterocycles. The van der Waals surface area contributed by atoms with Gasteiger partial charge in [-0.05, 0) is 50.6 Å². The lowest BCUT2D eigenvalue weighted by Crippen LogP contribution is -1.99. The van der Waals surface area contributed by atoms with Crippen LogP contribution in [0.15, 0.2) is 48.7 Å². The van der Waals surface area contributed by atoms with Crippen LogP contribution in [-0.2, 0) is 6.54 Å². The molecule has 0 saturated carbocycles. The van der Waals surface area contributed by atoms with Crippen molar-refractivity contribution in [2.24, 2.45) is 0 Å². The Hall–Kier alpha value is -2.22. The van der Waals surface area contributed by atoms with Gasteiger partial charge in [0, 0.05) is 23.6 Å². The molecule has 0 atom stereocenters.